The van der Waals surface area contributed by atoms with E-state index < -0.39 is 16.2 Å². The number of hydrogen-bond acceptors (Lipinski definition) is 5. The zero-order valence-electron chi connectivity index (χ0n) is 4.41. The van der Waals surface area contributed by atoms with Crippen molar-refractivity contribution in [3.63, 3.8) is 0 Å². The van der Waals surface area contributed by atoms with Gasteiger partial charge in [-0.25, -0.2) is 0 Å². The third-order valence-corrected chi connectivity index (χ3v) is 0. The fourth-order valence-electron chi connectivity index (χ4n) is 0. The van der Waals surface area contributed by atoms with E-state index in [2.05, 4.69) is 0 Å². The van der Waals surface area contributed by atoms with Crippen molar-refractivity contribution in [1.29, 1.82) is 0 Å². The SMILES string of the molecule is CC(=O)O.[NaH].[O-][Cl+3]([O-])([O-])O. The first-order valence-electron chi connectivity index (χ1n) is 1.56. The predicted molar refractivity (Wildman–Crippen MR) is 22.7 cm³/mol. The maximum absolute atomic E-state index is 9.00. The minimum Gasteiger partial charge on any atom is -0.183 e. The Balaban J connectivity index is -0.0000000910. The molecule has 8 heteroatoms. The largest absolute Gasteiger partial charge is 0.183 e. The van der Waals surface area contributed by atoms with Crippen LogP contribution in [0.4, 0.5) is 0 Å². The maximum atomic E-state index is 9.00. The fourth-order valence-corrected chi connectivity index (χ4v) is 0. The molecule has 0 aliphatic carbocycles. The van der Waals surface area contributed by atoms with Gasteiger partial charge in [-0.05, 0) is 0 Å². The molecule has 0 aromatic carbocycles. The van der Waals surface area contributed by atoms with Crippen LogP contribution in [0, 0.1) is 10.2 Å². The molecule has 0 aliphatic rings. The molecule has 0 heterocycles. The minimum absolute atomic E-state index is 0. The van der Waals surface area contributed by atoms with E-state index in [-0.39, 0.29) is 29.6 Å². The van der Waals surface area contributed by atoms with Crippen LogP contribution in [0.1, 0.15) is 6.92 Å². The summed E-state index contributed by atoms with van der Waals surface area (Å²) in [6.45, 7) is 1.08. The Morgan fingerprint density at radius 3 is 1.40 bits per heavy atom. The summed E-state index contributed by atoms with van der Waals surface area (Å²) in [6.07, 6.45) is 0. The first-order chi connectivity index (χ1) is 3.73. The van der Waals surface area contributed by atoms with Crippen molar-refractivity contribution in [2.45, 2.75) is 6.92 Å². The second-order valence-electron chi connectivity index (χ2n) is 0.915. The average molecular weight is 185 g/mol. The Bertz CT molecular complexity index is 78.2. The van der Waals surface area contributed by atoms with E-state index in [1.54, 1.807) is 0 Å². The molecule has 0 bridgehead atoms. The van der Waals surface area contributed by atoms with Gasteiger partial charge < -0.3 is 5.11 Å². The van der Waals surface area contributed by atoms with Gasteiger partial charge in [0.1, 0.15) is 0 Å². The molecule has 0 spiro atoms. The Morgan fingerprint density at radius 2 is 1.40 bits per heavy atom. The van der Waals surface area contributed by atoms with Crippen LogP contribution >= 0.6 is 0 Å². The smallest absolute Gasteiger partial charge is 0.0777 e. The number of carbonyl (C=O) groups is 1. The van der Waals surface area contributed by atoms with Gasteiger partial charge >= 0.3 is 29.6 Å². The summed E-state index contributed by atoms with van der Waals surface area (Å²) in [5.41, 5.74) is 0. The second kappa shape index (κ2) is 7.70. The quantitative estimate of drug-likeness (QED) is 0.364. The number of carboxylic acid groups (broad SMARTS) is 1. The summed E-state index contributed by atoms with van der Waals surface area (Å²) >= 11 is 0. The molecule has 0 atom stereocenters. The fraction of sp³-hybridized carbons (Fsp3) is 0.500. The van der Waals surface area contributed by atoms with Crippen LogP contribution < -0.4 is 14.0 Å². The van der Waals surface area contributed by atoms with Gasteiger partial charge in [0.15, 0.2) is 0 Å². The zero-order chi connectivity index (χ0) is 8.08. The van der Waals surface area contributed by atoms with Crippen molar-refractivity contribution in [2.24, 2.45) is 0 Å². The van der Waals surface area contributed by atoms with E-state index in [4.69, 9.17) is 28.5 Å². The maximum Gasteiger partial charge on any atom is 0.0777 e. The zero-order valence-corrected chi connectivity index (χ0v) is 5.16. The Labute approximate surface area is 81.1 Å². The summed E-state index contributed by atoms with van der Waals surface area (Å²) in [5, 5.41) is 7.42. The standard InChI is InChI=1S/C2H4O2.ClHO4.Na.H/c1-2(3)4;2-1(3,4)5;;/h1H3,(H,3,4);(H,2,3,4,5);;. The Morgan fingerprint density at radius 1 is 1.40 bits per heavy atom. The van der Waals surface area contributed by atoms with Crippen molar-refractivity contribution < 1.29 is 38.8 Å². The summed E-state index contributed by atoms with van der Waals surface area (Å²) in [7, 11) is -4.69. The Hall–Kier alpha value is 0.600. The van der Waals surface area contributed by atoms with Gasteiger partial charge in [-0.3, -0.25) is 4.79 Å². The first-order valence-corrected chi connectivity index (χ1v) is 2.82. The molecule has 0 rings (SSSR count). The molecule has 0 fully saturated rings. The van der Waals surface area contributed by atoms with E-state index >= 15 is 0 Å². The van der Waals surface area contributed by atoms with Crippen molar-refractivity contribution in [3.8, 4) is 0 Å². The van der Waals surface area contributed by atoms with Crippen molar-refractivity contribution in [3.05, 3.63) is 0 Å². The topological polar surface area (TPSA) is 127 Å². The van der Waals surface area contributed by atoms with Crippen LogP contribution in [-0.4, -0.2) is 45.3 Å². The molecule has 58 valence electrons. The predicted octanol–water partition coefficient (Wildman–Crippen LogP) is -4.68. The van der Waals surface area contributed by atoms with Crippen molar-refractivity contribution >= 4 is 35.5 Å². The molecule has 0 aromatic rings. The molecule has 2 N–H and O–H groups in total. The molecule has 0 saturated carbocycles. The molecule has 0 aromatic heterocycles. The number of halogens is 1. The number of carboxylic acids is 1. The number of aliphatic carboxylic acids is 1. The first kappa shape index (κ1) is 16.9. The van der Waals surface area contributed by atoms with E-state index in [9.17, 15) is 0 Å². The number of hydrogen-bond donors (Lipinski definition) is 2. The molecule has 6 nitrogen and oxygen atoms in total. The summed E-state index contributed by atoms with van der Waals surface area (Å²) < 4.78 is 32.7. The molecule has 0 saturated heterocycles. The molecule has 0 radical (unpaired) electrons. The molecular formula is C2H6ClNaO6. The van der Waals surface area contributed by atoms with E-state index in [1.807, 2.05) is 0 Å². The average Bonchev–Trinajstić information content (AvgIpc) is 1.19. The van der Waals surface area contributed by atoms with Crippen LogP contribution in [-0.2, 0) is 4.79 Å². The van der Waals surface area contributed by atoms with Crippen LogP contribution in [0.3, 0.4) is 0 Å². The van der Waals surface area contributed by atoms with Crippen LogP contribution in [0.5, 0.6) is 0 Å². The van der Waals surface area contributed by atoms with Gasteiger partial charge in [0, 0.05) is 6.92 Å². The van der Waals surface area contributed by atoms with E-state index in [0.717, 1.165) is 6.92 Å². The van der Waals surface area contributed by atoms with Gasteiger partial charge in [-0.15, -0.1) is 0 Å². The molecule has 0 unspecified atom stereocenters. The third-order valence-electron chi connectivity index (χ3n) is 0. The van der Waals surface area contributed by atoms with Gasteiger partial charge in [0.2, 0.25) is 0 Å². The molecule has 10 heavy (non-hydrogen) atoms. The summed E-state index contributed by atoms with van der Waals surface area (Å²) in [4.78, 5) is 9.00. The van der Waals surface area contributed by atoms with Crippen LogP contribution in [0.25, 0.3) is 0 Å². The third kappa shape index (κ3) is 1380. The van der Waals surface area contributed by atoms with Gasteiger partial charge in [-0.2, -0.15) is 14.0 Å². The van der Waals surface area contributed by atoms with Crippen LogP contribution in [0.2, 0.25) is 0 Å². The number of rotatable bonds is 0. The molecular weight excluding hydrogens is 178 g/mol. The van der Waals surface area contributed by atoms with Crippen molar-refractivity contribution in [1.82, 2.24) is 0 Å². The molecule has 0 aliphatic heterocycles. The normalized spacial score (nSPS) is 8.50. The van der Waals surface area contributed by atoms with E-state index in [1.165, 1.54) is 0 Å². The molecule has 0 amide bonds. The van der Waals surface area contributed by atoms with E-state index in [0.29, 0.717) is 0 Å². The summed E-state index contributed by atoms with van der Waals surface area (Å²) in [6, 6.07) is 0. The van der Waals surface area contributed by atoms with Crippen LogP contribution in [0.15, 0.2) is 0 Å². The minimum atomic E-state index is -4.69. The monoisotopic (exact) mass is 184 g/mol. The van der Waals surface area contributed by atoms with Gasteiger partial charge in [0.25, 0.3) is 5.97 Å². The Kier molecular flexibility index (Phi) is 13.0. The van der Waals surface area contributed by atoms with Crippen molar-refractivity contribution in [2.75, 3.05) is 0 Å². The second-order valence-corrected chi connectivity index (χ2v) is 1.71. The van der Waals surface area contributed by atoms with Gasteiger partial charge in [-0.1, -0.05) is 0 Å². The van der Waals surface area contributed by atoms with Gasteiger partial charge in [0.05, 0.1) is 14.9 Å². The summed E-state index contributed by atoms with van der Waals surface area (Å²) in [5.74, 6) is -0.833.